The monoisotopic (exact) mass is 382 g/mol. The maximum absolute atomic E-state index is 12.5. The van der Waals surface area contributed by atoms with Crippen LogP contribution in [0.5, 0.6) is 0 Å². The summed E-state index contributed by atoms with van der Waals surface area (Å²) in [6.07, 6.45) is 11.5. The summed E-state index contributed by atoms with van der Waals surface area (Å²) in [5, 5.41) is 5.94. The molecule has 0 bridgehead atoms. The van der Waals surface area contributed by atoms with E-state index in [1.54, 1.807) is 0 Å². The number of likely N-dealkylation sites (tertiary alicyclic amines) is 2. The number of carbonyl (C=O) groups excluding carboxylic acids is 2. The highest BCUT2D eigenvalue weighted by atomic mass is 16.2. The first-order valence-corrected chi connectivity index (χ1v) is 10.3. The number of nitrogens with one attached hydrogen (secondary N) is 2. The van der Waals surface area contributed by atoms with Crippen molar-refractivity contribution >= 4 is 23.3 Å². The van der Waals surface area contributed by atoms with Gasteiger partial charge in [0, 0.05) is 30.4 Å². The molecule has 0 aliphatic carbocycles. The molecule has 0 unspecified atom stereocenters. The number of amides is 3. The molecule has 0 atom stereocenters. The summed E-state index contributed by atoms with van der Waals surface area (Å²) in [5.41, 5.74) is 1.50. The molecule has 6 nitrogen and oxygen atoms in total. The maximum atomic E-state index is 12.5. The number of piperidine rings is 1. The molecule has 0 radical (unpaired) electrons. The van der Waals surface area contributed by atoms with Gasteiger partial charge < -0.3 is 15.5 Å². The van der Waals surface area contributed by atoms with Crippen molar-refractivity contribution in [3.05, 3.63) is 24.3 Å². The van der Waals surface area contributed by atoms with Crippen LogP contribution in [0.15, 0.2) is 24.3 Å². The van der Waals surface area contributed by atoms with Crippen LogP contribution in [0.1, 0.15) is 38.5 Å². The summed E-state index contributed by atoms with van der Waals surface area (Å²) < 4.78 is 0. The van der Waals surface area contributed by atoms with Crippen LogP contribution in [-0.4, -0.2) is 54.5 Å². The number of terminal acetylenes is 1. The van der Waals surface area contributed by atoms with Gasteiger partial charge in [-0.05, 0) is 63.0 Å². The zero-order valence-corrected chi connectivity index (χ0v) is 16.5. The smallest absolute Gasteiger partial charge is 0.321 e. The molecule has 0 spiro atoms. The van der Waals surface area contributed by atoms with Crippen LogP contribution in [0.25, 0.3) is 0 Å². The quantitative estimate of drug-likeness (QED) is 0.785. The van der Waals surface area contributed by atoms with Gasteiger partial charge in [0.25, 0.3) is 0 Å². The molecule has 2 fully saturated rings. The third kappa shape index (κ3) is 5.74. The van der Waals surface area contributed by atoms with Crippen molar-refractivity contribution in [1.29, 1.82) is 0 Å². The van der Waals surface area contributed by atoms with Crippen LogP contribution >= 0.6 is 0 Å². The fourth-order valence-corrected chi connectivity index (χ4v) is 3.84. The van der Waals surface area contributed by atoms with Crippen LogP contribution < -0.4 is 10.6 Å². The Labute approximate surface area is 167 Å². The van der Waals surface area contributed by atoms with Crippen LogP contribution in [0.2, 0.25) is 0 Å². The second-order valence-corrected chi connectivity index (χ2v) is 7.65. The van der Waals surface area contributed by atoms with Crippen LogP contribution in [-0.2, 0) is 4.79 Å². The van der Waals surface area contributed by atoms with Gasteiger partial charge in [-0.3, -0.25) is 9.69 Å². The van der Waals surface area contributed by atoms with E-state index in [1.807, 2.05) is 29.2 Å². The molecule has 0 saturated carbocycles. The number of nitrogens with zero attached hydrogens (tertiary/aromatic N) is 2. The zero-order valence-electron chi connectivity index (χ0n) is 16.5. The van der Waals surface area contributed by atoms with Crippen molar-refractivity contribution in [2.45, 2.75) is 38.5 Å². The molecule has 28 heavy (non-hydrogen) atoms. The van der Waals surface area contributed by atoms with Crippen molar-refractivity contribution in [3.8, 4) is 12.3 Å². The molecule has 6 heteroatoms. The van der Waals surface area contributed by atoms with E-state index < -0.39 is 0 Å². The Balaban J connectivity index is 1.47. The Bertz CT molecular complexity index is 694. The van der Waals surface area contributed by atoms with Crippen molar-refractivity contribution in [3.63, 3.8) is 0 Å². The van der Waals surface area contributed by atoms with E-state index in [0.29, 0.717) is 6.54 Å². The predicted octanol–water partition coefficient (Wildman–Crippen LogP) is 3.38. The lowest BCUT2D eigenvalue weighted by Crippen LogP contribution is -2.38. The summed E-state index contributed by atoms with van der Waals surface area (Å²) in [7, 11) is 0. The molecule has 2 saturated heterocycles. The summed E-state index contributed by atoms with van der Waals surface area (Å²) in [6, 6.07) is 7.30. The number of hydrogen-bond acceptors (Lipinski definition) is 3. The van der Waals surface area contributed by atoms with Crippen molar-refractivity contribution < 1.29 is 9.59 Å². The first-order chi connectivity index (χ1) is 13.7. The van der Waals surface area contributed by atoms with Gasteiger partial charge in [-0.15, -0.1) is 6.42 Å². The van der Waals surface area contributed by atoms with Gasteiger partial charge in [0.15, 0.2) is 0 Å². The molecular formula is C22H30N4O2. The van der Waals surface area contributed by atoms with Crippen LogP contribution in [0.4, 0.5) is 16.2 Å². The Hall–Kier alpha value is -2.52. The molecule has 2 aliphatic rings. The van der Waals surface area contributed by atoms with E-state index in [2.05, 4.69) is 21.5 Å². The Morgan fingerprint density at radius 1 is 0.929 bits per heavy atom. The molecular weight excluding hydrogens is 352 g/mol. The van der Waals surface area contributed by atoms with Gasteiger partial charge in [0.1, 0.15) is 0 Å². The van der Waals surface area contributed by atoms with Gasteiger partial charge >= 0.3 is 6.03 Å². The normalized spacial score (nSPS) is 18.8. The van der Waals surface area contributed by atoms with E-state index in [4.69, 9.17) is 6.42 Å². The molecule has 0 aromatic heterocycles. The predicted molar refractivity (Wildman–Crippen MR) is 112 cm³/mol. The molecule has 1 aromatic carbocycles. The van der Waals surface area contributed by atoms with Crippen molar-refractivity contribution in [2.75, 3.05) is 43.4 Å². The summed E-state index contributed by atoms with van der Waals surface area (Å²) in [5.74, 6) is 2.74. The van der Waals surface area contributed by atoms with Gasteiger partial charge in [-0.2, -0.15) is 0 Å². The molecule has 3 rings (SSSR count). The zero-order chi connectivity index (χ0) is 19.8. The highest BCUT2D eigenvalue weighted by molar-refractivity contribution is 5.93. The summed E-state index contributed by atoms with van der Waals surface area (Å²) in [6.45, 7) is 4.02. The number of benzene rings is 1. The highest BCUT2D eigenvalue weighted by Gasteiger charge is 2.24. The highest BCUT2D eigenvalue weighted by Crippen LogP contribution is 2.21. The SMILES string of the molecule is C#CCN1CCC(C(=O)Nc2ccc(NC(=O)N3CCCCCC3)cc2)CC1. The third-order valence-electron chi connectivity index (χ3n) is 5.57. The Morgan fingerprint density at radius 3 is 2.07 bits per heavy atom. The fraction of sp³-hybridized carbons (Fsp3) is 0.545. The number of rotatable bonds is 4. The minimum absolute atomic E-state index is 0.0245. The van der Waals surface area contributed by atoms with Gasteiger partial charge in [-0.1, -0.05) is 18.8 Å². The lowest BCUT2D eigenvalue weighted by molar-refractivity contribution is -0.121. The van der Waals surface area contributed by atoms with Gasteiger partial charge in [0.2, 0.25) is 5.91 Å². The largest absolute Gasteiger partial charge is 0.326 e. The van der Waals surface area contributed by atoms with Crippen molar-refractivity contribution in [1.82, 2.24) is 9.80 Å². The molecule has 150 valence electrons. The minimum atomic E-state index is -0.0441. The van der Waals surface area contributed by atoms with E-state index in [1.165, 1.54) is 12.8 Å². The Morgan fingerprint density at radius 2 is 1.50 bits per heavy atom. The Kier molecular flexibility index (Phi) is 7.32. The third-order valence-corrected chi connectivity index (χ3v) is 5.57. The maximum Gasteiger partial charge on any atom is 0.321 e. The van der Waals surface area contributed by atoms with Gasteiger partial charge in [-0.25, -0.2) is 4.79 Å². The number of urea groups is 1. The number of hydrogen-bond donors (Lipinski definition) is 2. The lowest BCUT2D eigenvalue weighted by Gasteiger charge is -2.29. The molecule has 1 aromatic rings. The molecule has 3 amide bonds. The van der Waals surface area contributed by atoms with E-state index in [9.17, 15) is 9.59 Å². The molecule has 2 N–H and O–H groups in total. The summed E-state index contributed by atoms with van der Waals surface area (Å²) in [4.78, 5) is 29.0. The van der Waals surface area contributed by atoms with Crippen LogP contribution in [0, 0.1) is 18.3 Å². The van der Waals surface area contributed by atoms with Crippen molar-refractivity contribution in [2.24, 2.45) is 5.92 Å². The standard InChI is InChI=1S/C22H30N4O2/c1-2-13-25-16-11-18(12-17-25)21(27)23-19-7-9-20(10-8-19)24-22(28)26-14-5-3-4-6-15-26/h1,7-10,18H,3-6,11-17H2,(H,23,27)(H,24,28). The second kappa shape index (κ2) is 10.1. The van der Waals surface area contributed by atoms with Gasteiger partial charge in [0.05, 0.1) is 6.54 Å². The minimum Gasteiger partial charge on any atom is -0.326 e. The number of carbonyl (C=O) groups is 2. The molecule has 2 heterocycles. The first kappa shape index (κ1) is 20.2. The summed E-state index contributed by atoms with van der Waals surface area (Å²) >= 11 is 0. The molecule has 2 aliphatic heterocycles. The second-order valence-electron chi connectivity index (χ2n) is 7.65. The average molecular weight is 383 g/mol. The van der Waals surface area contributed by atoms with Crippen LogP contribution in [0.3, 0.4) is 0 Å². The van der Waals surface area contributed by atoms with E-state index in [-0.39, 0.29) is 17.9 Å². The topological polar surface area (TPSA) is 64.7 Å². The average Bonchev–Trinajstić information content (AvgIpc) is 3.00. The first-order valence-electron chi connectivity index (χ1n) is 10.3. The van der Waals surface area contributed by atoms with E-state index >= 15 is 0 Å². The van der Waals surface area contributed by atoms with E-state index in [0.717, 1.165) is 63.2 Å². The fourth-order valence-electron chi connectivity index (χ4n) is 3.84. The number of anilines is 2. The lowest BCUT2D eigenvalue weighted by atomic mass is 9.96.